The van der Waals surface area contributed by atoms with Gasteiger partial charge in [-0.05, 0) is 38.6 Å². The summed E-state index contributed by atoms with van der Waals surface area (Å²) in [4.78, 5) is 18.4. The Morgan fingerprint density at radius 3 is 2.95 bits per heavy atom. The van der Waals surface area contributed by atoms with E-state index >= 15 is 0 Å². The van der Waals surface area contributed by atoms with E-state index in [-0.39, 0.29) is 11.9 Å². The van der Waals surface area contributed by atoms with Crippen molar-refractivity contribution in [2.75, 3.05) is 32.0 Å². The highest BCUT2D eigenvalue weighted by Crippen LogP contribution is 2.09. The first-order chi connectivity index (χ1) is 9.19. The second kappa shape index (κ2) is 6.52. The first-order valence-corrected chi connectivity index (χ1v) is 6.88. The summed E-state index contributed by atoms with van der Waals surface area (Å²) in [6.07, 6.45) is 3.79. The molecule has 1 saturated heterocycles. The van der Waals surface area contributed by atoms with Gasteiger partial charge >= 0.3 is 0 Å². The van der Waals surface area contributed by atoms with E-state index in [4.69, 9.17) is 0 Å². The molecule has 2 rings (SSSR count). The minimum Gasteiger partial charge on any atom is -0.384 e. The summed E-state index contributed by atoms with van der Waals surface area (Å²) in [6, 6.07) is 3.92. The molecular weight excluding hydrogens is 240 g/mol. The van der Waals surface area contributed by atoms with Gasteiger partial charge in [-0.1, -0.05) is 6.92 Å². The summed E-state index contributed by atoms with van der Waals surface area (Å²) in [7, 11) is 2.07. The molecule has 1 aliphatic rings. The van der Waals surface area contributed by atoms with Crippen LogP contribution >= 0.6 is 0 Å². The van der Waals surface area contributed by atoms with Crippen LogP contribution in [0.15, 0.2) is 18.3 Å². The van der Waals surface area contributed by atoms with Crippen molar-refractivity contribution in [3.63, 3.8) is 0 Å². The van der Waals surface area contributed by atoms with Crippen LogP contribution in [0.25, 0.3) is 0 Å². The Labute approximate surface area is 114 Å². The van der Waals surface area contributed by atoms with E-state index in [1.54, 1.807) is 12.3 Å². The molecule has 0 spiro atoms. The van der Waals surface area contributed by atoms with Gasteiger partial charge < -0.3 is 15.5 Å². The number of nitrogens with one attached hydrogen (secondary N) is 2. The number of amides is 1. The number of likely N-dealkylation sites (N-methyl/N-ethyl adjacent to an activating group) is 1. The third-order valence-corrected chi connectivity index (χ3v) is 3.30. The standard InChI is InChI=1S/C14H22N4O/c1-3-7-15-11-4-5-13(16-9-11)14(19)17-12-6-8-18(2)10-12/h4-5,9,12,15H,3,6-8,10H2,1-2H3,(H,17,19). The molecule has 2 N–H and O–H groups in total. The van der Waals surface area contributed by atoms with Crippen LogP contribution in [0.3, 0.4) is 0 Å². The predicted octanol–water partition coefficient (Wildman–Crippen LogP) is 1.34. The summed E-state index contributed by atoms with van der Waals surface area (Å²) in [5, 5.41) is 6.26. The molecule has 1 unspecified atom stereocenters. The lowest BCUT2D eigenvalue weighted by atomic mass is 10.2. The number of nitrogens with zero attached hydrogens (tertiary/aromatic N) is 2. The molecule has 1 aromatic rings. The molecule has 0 radical (unpaired) electrons. The van der Waals surface area contributed by atoms with Crippen LogP contribution < -0.4 is 10.6 Å². The molecule has 1 atom stereocenters. The van der Waals surface area contributed by atoms with Crippen molar-refractivity contribution in [3.05, 3.63) is 24.0 Å². The number of rotatable bonds is 5. The van der Waals surface area contributed by atoms with Crippen molar-refractivity contribution in [2.24, 2.45) is 0 Å². The highest BCUT2D eigenvalue weighted by Gasteiger charge is 2.21. The molecule has 0 aromatic carbocycles. The Hall–Kier alpha value is -1.62. The smallest absolute Gasteiger partial charge is 0.270 e. The molecule has 0 saturated carbocycles. The second-order valence-electron chi connectivity index (χ2n) is 5.08. The van der Waals surface area contributed by atoms with Gasteiger partial charge in [-0.2, -0.15) is 0 Å². The monoisotopic (exact) mass is 262 g/mol. The van der Waals surface area contributed by atoms with Crippen molar-refractivity contribution in [2.45, 2.75) is 25.8 Å². The van der Waals surface area contributed by atoms with Crippen molar-refractivity contribution < 1.29 is 4.79 Å². The molecule has 0 aliphatic carbocycles. The third-order valence-electron chi connectivity index (χ3n) is 3.30. The van der Waals surface area contributed by atoms with Crippen LogP contribution in [0.5, 0.6) is 0 Å². The van der Waals surface area contributed by atoms with Crippen molar-refractivity contribution >= 4 is 11.6 Å². The number of anilines is 1. The Kier molecular flexibility index (Phi) is 4.74. The largest absolute Gasteiger partial charge is 0.384 e. The maximum atomic E-state index is 12.0. The van der Waals surface area contributed by atoms with E-state index < -0.39 is 0 Å². The van der Waals surface area contributed by atoms with Gasteiger partial charge in [0.2, 0.25) is 0 Å². The Morgan fingerprint density at radius 1 is 1.53 bits per heavy atom. The molecule has 2 heterocycles. The van der Waals surface area contributed by atoms with Crippen molar-refractivity contribution in [1.82, 2.24) is 15.2 Å². The maximum Gasteiger partial charge on any atom is 0.270 e. The van der Waals surface area contributed by atoms with E-state index in [9.17, 15) is 4.79 Å². The van der Waals surface area contributed by atoms with Crippen molar-refractivity contribution in [1.29, 1.82) is 0 Å². The van der Waals surface area contributed by atoms with Crippen LogP contribution in [0, 0.1) is 0 Å². The number of pyridine rings is 1. The van der Waals surface area contributed by atoms with Gasteiger partial charge in [0.15, 0.2) is 0 Å². The molecular formula is C14H22N4O. The number of likely N-dealkylation sites (tertiary alicyclic amines) is 1. The summed E-state index contributed by atoms with van der Waals surface area (Å²) in [5.74, 6) is -0.0812. The van der Waals surface area contributed by atoms with Gasteiger partial charge in [0.25, 0.3) is 5.91 Å². The van der Waals surface area contributed by atoms with Crippen LogP contribution in [0.4, 0.5) is 5.69 Å². The molecule has 1 amide bonds. The zero-order chi connectivity index (χ0) is 13.7. The highest BCUT2D eigenvalue weighted by molar-refractivity contribution is 5.92. The average molecular weight is 262 g/mol. The molecule has 1 fully saturated rings. The summed E-state index contributed by atoms with van der Waals surface area (Å²) < 4.78 is 0. The van der Waals surface area contributed by atoms with Crippen LogP contribution in [-0.4, -0.2) is 48.5 Å². The predicted molar refractivity (Wildman–Crippen MR) is 76.4 cm³/mol. The van der Waals surface area contributed by atoms with E-state index in [0.717, 1.165) is 38.2 Å². The molecule has 1 aromatic heterocycles. The summed E-state index contributed by atoms with van der Waals surface area (Å²) in [6.45, 7) is 4.99. The van der Waals surface area contributed by atoms with Gasteiger partial charge in [-0.15, -0.1) is 0 Å². The summed E-state index contributed by atoms with van der Waals surface area (Å²) in [5.41, 5.74) is 1.44. The van der Waals surface area contributed by atoms with Gasteiger partial charge in [0.1, 0.15) is 5.69 Å². The zero-order valence-electron chi connectivity index (χ0n) is 11.6. The Bertz CT molecular complexity index is 418. The van der Waals surface area contributed by atoms with Crippen LogP contribution in [0.1, 0.15) is 30.3 Å². The lowest BCUT2D eigenvalue weighted by molar-refractivity contribution is 0.0933. The Balaban J connectivity index is 1.88. The lowest BCUT2D eigenvalue weighted by Gasteiger charge is -2.12. The first-order valence-electron chi connectivity index (χ1n) is 6.88. The topological polar surface area (TPSA) is 57.3 Å². The number of carbonyl (C=O) groups is 1. The SMILES string of the molecule is CCCNc1ccc(C(=O)NC2CCN(C)C2)nc1. The third kappa shape index (κ3) is 3.92. The van der Waals surface area contributed by atoms with Gasteiger partial charge in [0.05, 0.1) is 11.9 Å². The number of carbonyl (C=O) groups excluding carboxylic acids is 1. The van der Waals surface area contributed by atoms with Gasteiger partial charge in [-0.25, -0.2) is 4.98 Å². The van der Waals surface area contributed by atoms with Crippen molar-refractivity contribution in [3.8, 4) is 0 Å². The minimum absolute atomic E-state index is 0.0812. The number of hydrogen-bond acceptors (Lipinski definition) is 4. The fraction of sp³-hybridized carbons (Fsp3) is 0.571. The van der Waals surface area contributed by atoms with E-state index in [1.165, 1.54) is 0 Å². The molecule has 104 valence electrons. The van der Waals surface area contributed by atoms with E-state index in [1.807, 2.05) is 6.07 Å². The lowest BCUT2D eigenvalue weighted by Crippen LogP contribution is -2.36. The normalized spacial score (nSPS) is 19.4. The van der Waals surface area contributed by atoms with E-state index in [0.29, 0.717) is 5.69 Å². The van der Waals surface area contributed by atoms with Crippen LogP contribution in [0.2, 0.25) is 0 Å². The molecule has 5 nitrogen and oxygen atoms in total. The molecule has 0 bridgehead atoms. The quantitative estimate of drug-likeness (QED) is 0.840. The second-order valence-corrected chi connectivity index (χ2v) is 5.08. The first kappa shape index (κ1) is 13.8. The number of aromatic nitrogens is 1. The van der Waals surface area contributed by atoms with Gasteiger partial charge in [-0.3, -0.25) is 4.79 Å². The average Bonchev–Trinajstić information content (AvgIpc) is 2.82. The zero-order valence-corrected chi connectivity index (χ0v) is 11.6. The minimum atomic E-state index is -0.0812. The highest BCUT2D eigenvalue weighted by atomic mass is 16.1. The fourth-order valence-corrected chi connectivity index (χ4v) is 2.21. The molecule has 1 aliphatic heterocycles. The molecule has 5 heteroatoms. The van der Waals surface area contributed by atoms with E-state index in [2.05, 4.69) is 34.5 Å². The van der Waals surface area contributed by atoms with Gasteiger partial charge in [0, 0.05) is 19.1 Å². The van der Waals surface area contributed by atoms with Crippen LogP contribution in [-0.2, 0) is 0 Å². The number of hydrogen-bond donors (Lipinski definition) is 2. The summed E-state index contributed by atoms with van der Waals surface area (Å²) >= 11 is 0. The maximum absolute atomic E-state index is 12.0. The molecule has 19 heavy (non-hydrogen) atoms. The fourth-order valence-electron chi connectivity index (χ4n) is 2.21. The Morgan fingerprint density at radius 2 is 2.37 bits per heavy atom.